The number of carbonyl (C=O) groups excluding carboxylic acids is 1. The van der Waals surface area contributed by atoms with Crippen LogP contribution in [0.3, 0.4) is 0 Å². The second kappa shape index (κ2) is 11.4. The molecule has 1 amide bonds. The molecular weight excluding hydrogens is 292 g/mol. The predicted molar refractivity (Wildman–Crippen MR) is 86.3 cm³/mol. The van der Waals surface area contributed by atoms with Gasteiger partial charge < -0.3 is 20.5 Å². The van der Waals surface area contributed by atoms with Gasteiger partial charge in [0.15, 0.2) is 0 Å². The number of amides is 1. The van der Waals surface area contributed by atoms with Gasteiger partial charge in [-0.25, -0.2) is 0 Å². The second-order valence-electron chi connectivity index (χ2n) is 4.74. The van der Waals surface area contributed by atoms with Gasteiger partial charge in [0.05, 0.1) is 6.61 Å². The Hall–Kier alpha value is -1.30. The van der Waals surface area contributed by atoms with E-state index in [1.807, 2.05) is 19.1 Å². The van der Waals surface area contributed by atoms with Crippen molar-refractivity contribution in [2.24, 2.45) is 5.73 Å². The molecule has 0 aromatic heterocycles. The summed E-state index contributed by atoms with van der Waals surface area (Å²) >= 11 is 0. The van der Waals surface area contributed by atoms with Crippen LogP contribution in [0.1, 0.15) is 30.1 Å². The molecule has 0 saturated carbocycles. The van der Waals surface area contributed by atoms with Gasteiger partial charge in [-0.2, -0.15) is 0 Å². The first kappa shape index (κ1) is 19.7. The summed E-state index contributed by atoms with van der Waals surface area (Å²) < 4.78 is 10.5. The fraction of sp³-hybridized carbons (Fsp3) is 0.533. The van der Waals surface area contributed by atoms with E-state index in [0.29, 0.717) is 31.1 Å². The molecule has 1 aromatic rings. The van der Waals surface area contributed by atoms with E-state index in [4.69, 9.17) is 15.2 Å². The zero-order valence-corrected chi connectivity index (χ0v) is 13.4. The van der Waals surface area contributed by atoms with Gasteiger partial charge in [-0.05, 0) is 31.5 Å². The topological polar surface area (TPSA) is 73.6 Å². The molecule has 0 fully saturated rings. The van der Waals surface area contributed by atoms with E-state index in [0.717, 1.165) is 12.8 Å². The van der Waals surface area contributed by atoms with Crippen LogP contribution in [0.15, 0.2) is 24.3 Å². The number of ether oxygens (including phenoxy) is 2. The van der Waals surface area contributed by atoms with E-state index in [2.05, 4.69) is 5.32 Å². The fourth-order valence-corrected chi connectivity index (χ4v) is 1.64. The number of hydrogen-bond acceptors (Lipinski definition) is 4. The smallest absolute Gasteiger partial charge is 0.251 e. The molecule has 0 spiro atoms. The summed E-state index contributed by atoms with van der Waals surface area (Å²) in [5.74, 6) is 0.592. The van der Waals surface area contributed by atoms with Crippen LogP contribution in [-0.2, 0) is 4.74 Å². The molecule has 1 aromatic carbocycles. The Morgan fingerprint density at radius 1 is 1.38 bits per heavy atom. The maximum atomic E-state index is 11.9. The highest BCUT2D eigenvalue weighted by Gasteiger charge is 2.06. The summed E-state index contributed by atoms with van der Waals surface area (Å²) in [7, 11) is 1.66. The average molecular weight is 317 g/mol. The minimum absolute atomic E-state index is 0. The van der Waals surface area contributed by atoms with Gasteiger partial charge >= 0.3 is 0 Å². The number of carbonyl (C=O) groups is 1. The number of halogens is 1. The number of rotatable bonds is 9. The molecule has 0 bridgehead atoms. The van der Waals surface area contributed by atoms with Gasteiger partial charge in [-0.3, -0.25) is 4.79 Å². The number of benzene rings is 1. The van der Waals surface area contributed by atoms with Gasteiger partial charge in [0.1, 0.15) is 5.75 Å². The standard InChI is InChI=1S/C15H24N2O3.ClH/c1-12(16)7-8-17-15(18)13-5-3-6-14(11-13)20-10-4-9-19-2;/h3,5-6,11-12H,4,7-10,16H2,1-2H3,(H,17,18);1H. The molecule has 0 radical (unpaired) electrons. The molecule has 0 saturated heterocycles. The predicted octanol–water partition coefficient (Wildman–Crippen LogP) is 1.99. The first-order valence-corrected chi connectivity index (χ1v) is 6.89. The second-order valence-corrected chi connectivity index (χ2v) is 4.74. The van der Waals surface area contributed by atoms with Gasteiger partial charge in [0.25, 0.3) is 5.91 Å². The SMILES string of the molecule is COCCCOc1cccc(C(=O)NCCC(C)N)c1.Cl. The van der Waals surface area contributed by atoms with Crippen molar-refractivity contribution in [3.63, 3.8) is 0 Å². The number of nitrogens with two attached hydrogens (primary N) is 1. The highest BCUT2D eigenvalue weighted by atomic mass is 35.5. The molecule has 120 valence electrons. The van der Waals surface area contributed by atoms with E-state index in [1.165, 1.54) is 0 Å². The summed E-state index contributed by atoms with van der Waals surface area (Å²) in [6.45, 7) is 3.73. The van der Waals surface area contributed by atoms with Crippen LogP contribution in [0.25, 0.3) is 0 Å². The van der Waals surface area contributed by atoms with Gasteiger partial charge in [0.2, 0.25) is 0 Å². The molecular formula is C15H25ClN2O3. The molecule has 0 aliphatic carbocycles. The normalized spacial score (nSPS) is 11.4. The van der Waals surface area contributed by atoms with Crippen LogP contribution in [0, 0.1) is 0 Å². The molecule has 6 heteroatoms. The van der Waals surface area contributed by atoms with Crippen molar-refractivity contribution in [2.75, 3.05) is 26.9 Å². The first-order valence-electron chi connectivity index (χ1n) is 6.89. The average Bonchev–Trinajstić information content (AvgIpc) is 2.43. The molecule has 5 nitrogen and oxygen atoms in total. The maximum Gasteiger partial charge on any atom is 0.251 e. The Morgan fingerprint density at radius 2 is 2.14 bits per heavy atom. The fourth-order valence-electron chi connectivity index (χ4n) is 1.64. The summed E-state index contributed by atoms with van der Waals surface area (Å²) in [6.07, 6.45) is 1.58. The maximum absolute atomic E-state index is 11.9. The Bertz CT molecular complexity index is 414. The highest BCUT2D eigenvalue weighted by molar-refractivity contribution is 5.94. The summed E-state index contributed by atoms with van der Waals surface area (Å²) in [4.78, 5) is 11.9. The highest BCUT2D eigenvalue weighted by Crippen LogP contribution is 2.13. The van der Waals surface area contributed by atoms with Gasteiger partial charge in [-0.15, -0.1) is 12.4 Å². The largest absolute Gasteiger partial charge is 0.493 e. The Balaban J connectivity index is 0.00000400. The zero-order chi connectivity index (χ0) is 14.8. The zero-order valence-electron chi connectivity index (χ0n) is 12.6. The molecule has 21 heavy (non-hydrogen) atoms. The van der Waals surface area contributed by atoms with Crippen molar-refractivity contribution < 1.29 is 14.3 Å². The van der Waals surface area contributed by atoms with Crippen LogP contribution >= 0.6 is 12.4 Å². The summed E-state index contributed by atoms with van der Waals surface area (Å²) in [5, 5.41) is 2.84. The lowest BCUT2D eigenvalue weighted by Gasteiger charge is -2.09. The van der Waals surface area contributed by atoms with Crippen molar-refractivity contribution in [3.05, 3.63) is 29.8 Å². The lowest BCUT2D eigenvalue weighted by atomic mass is 10.2. The van der Waals surface area contributed by atoms with Gasteiger partial charge in [0, 0.05) is 38.3 Å². The van der Waals surface area contributed by atoms with Crippen LogP contribution < -0.4 is 15.8 Å². The van der Waals surface area contributed by atoms with E-state index in [-0.39, 0.29) is 24.4 Å². The van der Waals surface area contributed by atoms with E-state index in [1.54, 1.807) is 19.2 Å². The van der Waals surface area contributed by atoms with Crippen LogP contribution in [0.5, 0.6) is 5.75 Å². The van der Waals surface area contributed by atoms with Crippen molar-refractivity contribution in [2.45, 2.75) is 25.8 Å². The van der Waals surface area contributed by atoms with Crippen molar-refractivity contribution in [1.29, 1.82) is 0 Å². The lowest BCUT2D eigenvalue weighted by Crippen LogP contribution is -2.28. The summed E-state index contributed by atoms with van der Waals surface area (Å²) in [6, 6.07) is 7.25. The van der Waals surface area contributed by atoms with Crippen molar-refractivity contribution in [1.82, 2.24) is 5.32 Å². The molecule has 3 N–H and O–H groups in total. The summed E-state index contributed by atoms with van der Waals surface area (Å²) in [5.41, 5.74) is 6.24. The van der Waals surface area contributed by atoms with Crippen LogP contribution in [0.4, 0.5) is 0 Å². The molecule has 1 atom stereocenters. The minimum Gasteiger partial charge on any atom is -0.493 e. The van der Waals surface area contributed by atoms with Gasteiger partial charge in [-0.1, -0.05) is 6.07 Å². The third-order valence-corrected chi connectivity index (χ3v) is 2.74. The number of hydrogen-bond donors (Lipinski definition) is 2. The Morgan fingerprint density at radius 3 is 2.81 bits per heavy atom. The first-order chi connectivity index (χ1) is 9.63. The third-order valence-electron chi connectivity index (χ3n) is 2.74. The molecule has 0 aliphatic rings. The molecule has 0 heterocycles. The Kier molecular flexibility index (Phi) is 10.7. The lowest BCUT2D eigenvalue weighted by molar-refractivity contribution is 0.0952. The quantitative estimate of drug-likeness (QED) is 0.683. The number of methoxy groups -OCH3 is 1. The number of nitrogens with one attached hydrogen (secondary N) is 1. The minimum atomic E-state index is -0.104. The Labute approximate surface area is 132 Å². The van der Waals surface area contributed by atoms with Crippen LogP contribution in [0.2, 0.25) is 0 Å². The van der Waals surface area contributed by atoms with E-state index < -0.39 is 0 Å². The van der Waals surface area contributed by atoms with Crippen LogP contribution in [-0.4, -0.2) is 38.8 Å². The van der Waals surface area contributed by atoms with E-state index in [9.17, 15) is 4.79 Å². The van der Waals surface area contributed by atoms with Crippen molar-refractivity contribution >= 4 is 18.3 Å². The molecule has 1 unspecified atom stereocenters. The molecule has 1 rings (SSSR count). The van der Waals surface area contributed by atoms with E-state index >= 15 is 0 Å². The monoisotopic (exact) mass is 316 g/mol. The third kappa shape index (κ3) is 8.55. The molecule has 0 aliphatic heterocycles. The van der Waals surface area contributed by atoms with Crippen molar-refractivity contribution in [3.8, 4) is 5.75 Å².